The third kappa shape index (κ3) is 3.29. The molecule has 0 fully saturated rings. The second-order valence-corrected chi connectivity index (χ2v) is 4.44. The molecule has 110 valence electrons. The van der Waals surface area contributed by atoms with Gasteiger partial charge < -0.3 is 10.3 Å². The summed E-state index contributed by atoms with van der Waals surface area (Å²) in [6.45, 7) is 2.26. The van der Waals surface area contributed by atoms with Crippen molar-refractivity contribution in [2.75, 3.05) is 17.2 Å². The maximum atomic E-state index is 12.0. The van der Waals surface area contributed by atoms with Crippen LogP contribution in [0.15, 0.2) is 24.5 Å². The minimum absolute atomic E-state index is 0.0738. The van der Waals surface area contributed by atoms with Crippen molar-refractivity contribution in [3.8, 4) is 0 Å². The molecule has 8 nitrogen and oxygen atoms in total. The summed E-state index contributed by atoms with van der Waals surface area (Å²) in [6.07, 6.45) is 3.01. The number of nitro groups is 1. The summed E-state index contributed by atoms with van der Waals surface area (Å²) in [5.74, 6) is -0.299. The maximum absolute atomic E-state index is 12.0. The Labute approximate surface area is 124 Å². The summed E-state index contributed by atoms with van der Waals surface area (Å²) >= 11 is 6.01. The Bertz CT molecular complexity index is 672. The molecule has 1 heterocycles. The third-order valence-corrected chi connectivity index (χ3v) is 2.91. The fourth-order valence-electron chi connectivity index (χ4n) is 1.73. The minimum Gasteiger partial charge on any atom is -0.379 e. The second kappa shape index (κ2) is 6.23. The number of nitrogens with zero attached hydrogens (tertiary/aromatic N) is 2. The first-order chi connectivity index (χ1) is 10.0. The molecule has 0 radical (unpaired) electrons. The van der Waals surface area contributed by atoms with Gasteiger partial charge in [0.2, 0.25) is 5.95 Å². The molecule has 0 aliphatic rings. The minimum atomic E-state index is -0.590. The summed E-state index contributed by atoms with van der Waals surface area (Å²) in [5, 5.41) is 16.5. The van der Waals surface area contributed by atoms with E-state index in [1.54, 1.807) is 13.1 Å². The van der Waals surface area contributed by atoms with Gasteiger partial charge in [-0.3, -0.25) is 20.2 Å². The number of H-pyrrole nitrogens is 1. The number of carbonyl (C=O) groups is 1. The number of aromatic amines is 1. The summed E-state index contributed by atoms with van der Waals surface area (Å²) in [5.41, 5.74) is 0.0115. The molecule has 9 heteroatoms. The molecular formula is C12H12ClN5O3. The number of nitro benzene ring substituents is 1. The van der Waals surface area contributed by atoms with Gasteiger partial charge in [0.15, 0.2) is 0 Å². The summed E-state index contributed by atoms with van der Waals surface area (Å²) < 4.78 is 0. The summed E-state index contributed by atoms with van der Waals surface area (Å²) in [7, 11) is 0. The number of amides is 1. The quantitative estimate of drug-likeness (QED) is 0.580. The van der Waals surface area contributed by atoms with E-state index in [2.05, 4.69) is 20.6 Å². The fraction of sp³-hybridized carbons (Fsp3) is 0.167. The SMILES string of the molecule is CCNc1c(Cl)cc(C(=O)Nc2ncc[nH]2)cc1[N+](=O)[O-]. The molecule has 0 bridgehead atoms. The fourth-order valence-corrected chi connectivity index (χ4v) is 2.01. The molecule has 0 spiro atoms. The number of hydrogen-bond donors (Lipinski definition) is 3. The molecule has 0 aliphatic heterocycles. The number of imidazole rings is 1. The van der Waals surface area contributed by atoms with Gasteiger partial charge in [-0.25, -0.2) is 4.98 Å². The van der Waals surface area contributed by atoms with Crippen molar-refractivity contribution in [3.63, 3.8) is 0 Å². The van der Waals surface area contributed by atoms with E-state index in [4.69, 9.17) is 11.6 Å². The van der Waals surface area contributed by atoms with Crippen LogP contribution in [0.4, 0.5) is 17.3 Å². The zero-order valence-electron chi connectivity index (χ0n) is 11.0. The Balaban J connectivity index is 2.36. The largest absolute Gasteiger partial charge is 0.379 e. The van der Waals surface area contributed by atoms with Gasteiger partial charge in [-0.05, 0) is 13.0 Å². The van der Waals surface area contributed by atoms with Crippen molar-refractivity contribution in [1.82, 2.24) is 9.97 Å². The Morgan fingerprint density at radius 3 is 2.86 bits per heavy atom. The first-order valence-corrected chi connectivity index (χ1v) is 6.43. The second-order valence-electron chi connectivity index (χ2n) is 4.03. The van der Waals surface area contributed by atoms with Crippen molar-refractivity contribution in [3.05, 3.63) is 45.2 Å². The highest BCUT2D eigenvalue weighted by Gasteiger charge is 2.21. The van der Waals surface area contributed by atoms with Crippen LogP contribution in [0.3, 0.4) is 0 Å². The Hall–Kier alpha value is -2.61. The number of hydrogen-bond acceptors (Lipinski definition) is 5. The number of halogens is 1. The van der Waals surface area contributed by atoms with Gasteiger partial charge in [-0.1, -0.05) is 11.6 Å². The van der Waals surface area contributed by atoms with Crippen LogP contribution in [0, 0.1) is 10.1 Å². The van der Waals surface area contributed by atoms with E-state index in [0.29, 0.717) is 6.54 Å². The highest BCUT2D eigenvalue weighted by atomic mass is 35.5. The lowest BCUT2D eigenvalue weighted by Gasteiger charge is -2.09. The summed E-state index contributed by atoms with van der Waals surface area (Å²) in [4.78, 5) is 29.1. The molecule has 2 rings (SSSR count). The number of aromatic nitrogens is 2. The van der Waals surface area contributed by atoms with Gasteiger partial charge >= 0.3 is 0 Å². The smallest absolute Gasteiger partial charge is 0.294 e. The monoisotopic (exact) mass is 309 g/mol. The van der Waals surface area contributed by atoms with Gasteiger partial charge in [-0.2, -0.15) is 0 Å². The topological polar surface area (TPSA) is 113 Å². The molecular weight excluding hydrogens is 298 g/mol. The van der Waals surface area contributed by atoms with Gasteiger partial charge in [0.1, 0.15) is 5.69 Å². The molecule has 0 unspecified atom stereocenters. The van der Waals surface area contributed by atoms with E-state index < -0.39 is 10.8 Å². The average molecular weight is 310 g/mol. The van der Waals surface area contributed by atoms with Crippen LogP contribution in [0.25, 0.3) is 0 Å². The third-order valence-electron chi connectivity index (χ3n) is 2.61. The number of carbonyl (C=O) groups excluding carboxylic acids is 1. The molecule has 1 aromatic heterocycles. The van der Waals surface area contributed by atoms with Crippen LogP contribution in [0.1, 0.15) is 17.3 Å². The Morgan fingerprint density at radius 2 is 2.29 bits per heavy atom. The maximum Gasteiger partial charge on any atom is 0.294 e. The highest BCUT2D eigenvalue weighted by molar-refractivity contribution is 6.34. The van der Waals surface area contributed by atoms with Crippen LogP contribution in [0.5, 0.6) is 0 Å². The van der Waals surface area contributed by atoms with Crippen molar-refractivity contribution in [1.29, 1.82) is 0 Å². The van der Waals surface area contributed by atoms with Crippen molar-refractivity contribution >= 4 is 34.8 Å². The predicted octanol–water partition coefficient (Wildman–Crippen LogP) is 2.66. The molecule has 0 saturated heterocycles. The molecule has 1 amide bonds. The predicted molar refractivity (Wildman–Crippen MR) is 78.8 cm³/mol. The van der Waals surface area contributed by atoms with Crippen molar-refractivity contribution < 1.29 is 9.72 Å². The normalized spacial score (nSPS) is 10.2. The van der Waals surface area contributed by atoms with Crippen LogP contribution in [-0.4, -0.2) is 27.3 Å². The Kier molecular flexibility index (Phi) is 4.39. The molecule has 21 heavy (non-hydrogen) atoms. The van der Waals surface area contributed by atoms with Crippen LogP contribution in [-0.2, 0) is 0 Å². The van der Waals surface area contributed by atoms with E-state index >= 15 is 0 Å². The van der Waals surface area contributed by atoms with E-state index in [-0.39, 0.29) is 27.9 Å². The van der Waals surface area contributed by atoms with Crippen molar-refractivity contribution in [2.45, 2.75) is 6.92 Å². The number of benzene rings is 1. The zero-order chi connectivity index (χ0) is 15.4. The molecule has 1 aromatic carbocycles. The van der Waals surface area contributed by atoms with Gasteiger partial charge in [-0.15, -0.1) is 0 Å². The van der Waals surface area contributed by atoms with Crippen LogP contribution in [0.2, 0.25) is 5.02 Å². The van der Waals surface area contributed by atoms with Gasteiger partial charge in [0, 0.05) is 30.6 Å². The standard InChI is InChI=1S/C12H12ClN5O3/c1-2-14-10-8(13)5-7(6-9(10)18(20)21)11(19)17-12-15-3-4-16-12/h3-6,14H,2H2,1H3,(H2,15,16,17,19). The van der Waals surface area contributed by atoms with Gasteiger partial charge in [0.05, 0.1) is 9.95 Å². The van der Waals surface area contributed by atoms with Crippen LogP contribution >= 0.6 is 11.6 Å². The zero-order valence-corrected chi connectivity index (χ0v) is 11.8. The van der Waals surface area contributed by atoms with Gasteiger partial charge in [0.25, 0.3) is 11.6 Å². The van der Waals surface area contributed by atoms with E-state index in [0.717, 1.165) is 0 Å². The first-order valence-electron chi connectivity index (χ1n) is 6.05. The molecule has 0 aliphatic carbocycles. The summed E-state index contributed by atoms with van der Waals surface area (Å²) in [6, 6.07) is 2.53. The van der Waals surface area contributed by atoms with E-state index in [1.165, 1.54) is 18.3 Å². The molecule has 3 N–H and O–H groups in total. The lowest BCUT2D eigenvalue weighted by molar-refractivity contribution is -0.384. The van der Waals surface area contributed by atoms with E-state index in [1.807, 2.05) is 0 Å². The molecule has 0 saturated carbocycles. The lowest BCUT2D eigenvalue weighted by atomic mass is 10.1. The van der Waals surface area contributed by atoms with Crippen LogP contribution < -0.4 is 10.6 Å². The molecule has 2 aromatic rings. The van der Waals surface area contributed by atoms with Crippen molar-refractivity contribution in [2.24, 2.45) is 0 Å². The highest BCUT2D eigenvalue weighted by Crippen LogP contribution is 2.33. The average Bonchev–Trinajstić information content (AvgIpc) is 2.93. The number of anilines is 2. The first kappa shape index (κ1) is 14.8. The lowest BCUT2D eigenvalue weighted by Crippen LogP contribution is -2.14. The number of nitrogens with one attached hydrogen (secondary N) is 3. The van der Waals surface area contributed by atoms with E-state index in [9.17, 15) is 14.9 Å². The molecule has 0 atom stereocenters. The number of rotatable bonds is 5. The Morgan fingerprint density at radius 1 is 1.52 bits per heavy atom.